The molecule has 0 radical (unpaired) electrons. The van der Waals surface area contributed by atoms with Crippen molar-refractivity contribution in [3.8, 4) is 11.5 Å². The number of oxazole rings is 1. The van der Waals surface area contributed by atoms with Crippen LogP contribution in [0.25, 0.3) is 22.5 Å². The fraction of sp³-hybridized carbons (Fsp3) is 0.111. The second-order valence-corrected chi connectivity index (χ2v) is 8.12. The van der Waals surface area contributed by atoms with E-state index >= 15 is 0 Å². The lowest BCUT2D eigenvalue weighted by atomic mass is 10.0. The first-order valence-corrected chi connectivity index (χ1v) is 11.2. The zero-order valence-electron chi connectivity index (χ0n) is 19.7. The average Bonchev–Trinajstić information content (AvgIpc) is 3.54. The van der Waals surface area contributed by atoms with E-state index in [1.165, 1.54) is 13.4 Å². The summed E-state index contributed by atoms with van der Waals surface area (Å²) >= 11 is 0. The van der Waals surface area contributed by atoms with Gasteiger partial charge in [-0.2, -0.15) is 0 Å². The molecule has 0 aliphatic rings. The Morgan fingerprint density at radius 3 is 2.61 bits per heavy atom. The third kappa shape index (κ3) is 4.59. The molecule has 0 bridgehead atoms. The molecule has 5 aromatic rings. The molecule has 36 heavy (non-hydrogen) atoms. The number of amides is 2. The molecule has 0 saturated heterocycles. The highest BCUT2D eigenvalue weighted by molar-refractivity contribution is 6.10. The number of aryl methyl sites for hydroxylation is 1. The Morgan fingerprint density at radius 1 is 1.00 bits per heavy atom. The topological polar surface area (TPSA) is 122 Å². The highest BCUT2D eigenvalue weighted by Crippen LogP contribution is 2.27. The fourth-order valence-electron chi connectivity index (χ4n) is 4.01. The standard InChI is InChI=1S/C27H23N5O4/c1-16-29-22-8-5-9-23(24(22)30-16)32-26(34)19-11-10-17(14-18(19)15-35-2)25(33)31-21-7-4-3-6-20(21)27-28-12-13-36-27/h3-14H,15H2,1-2H3,(H,29,30)(H,31,33)(H,32,34). The molecule has 9 heteroatoms. The summed E-state index contributed by atoms with van der Waals surface area (Å²) in [5.41, 5.74) is 4.68. The van der Waals surface area contributed by atoms with E-state index in [9.17, 15) is 9.59 Å². The Labute approximate surface area is 206 Å². The summed E-state index contributed by atoms with van der Waals surface area (Å²) < 4.78 is 10.7. The van der Waals surface area contributed by atoms with Crippen molar-refractivity contribution in [2.45, 2.75) is 13.5 Å². The molecule has 0 atom stereocenters. The second kappa shape index (κ2) is 9.85. The van der Waals surface area contributed by atoms with Crippen LogP contribution in [0.2, 0.25) is 0 Å². The summed E-state index contributed by atoms with van der Waals surface area (Å²) in [6, 6.07) is 17.6. The number of nitrogens with zero attached hydrogens (tertiary/aromatic N) is 2. The molecule has 0 fully saturated rings. The molecule has 9 nitrogen and oxygen atoms in total. The van der Waals surface area contributed by atoms with Gasteiger partial charge in [0.1, 0.15) is 17.6 Å². The Kier molecular flexibility index (Phi) is 6.29. The maximum Gasteiger partial charge on any atom is 0.256 e. The van der Waals surface area contributed by atoms with E-state index in [2.05, 4.69) is 25.6 Å². The van der Waals surface area contributed by atoms with Gasteiger partial charge in [0.25, 0.3) is 11.8 Å². The van der Waals surface area contributed by atoms with Crippen molar-refractivity contribution in [2.75, 3.05) is 17.7 Å². The van der Waals surface area contributed by atoms with Gasteiger partial charge in [0, 0.05) is 18.2 Å². The van der Waals surface area contributed by atoms with Crippen molar-refractivity contribution in [3.63, 3.8) is 0 Å². The number of para-hydroxylation sites is 2. The zero-order chi connectivity index (χ0) is 25.1. The lowest BCUT2D eigenvalue weighted by molar-refractivity contribution is 0.101. The molecule has 0 spiro atoms. The number of aromatic amines is 1. The van der Waals surface area contributed by atoms with E-state index in [1.54, 1.807) is 36.5 Å². The van der Waals surface area contributed by atoms with Gasteiger partial charge in [0.05, 0.1) is 35.3 Å². The Bertz CT molecular complexity index is 1560. The third-order valence-electron chi connectivity index (χ3n) is 5.63. The number of hydrogen-bond donors (Lipinski definition) is 3. The van der Waals surface area contributed by atoms with Gasteiger partial charge >= 0.3 is 0 Å². The molecule has 0 saturated carbocycles. The van der Waals surface area contributed by atoms with Gasteiger partial charge in [-0.1, -0.05) is 18.2 Å². The van der Waals surface area contributed by atoms with Crippen LogP contribution in [-0.4, -0.2) is 33.9 Å². The number of fused-ring (bicyclic) bond motifs is 1. The van der Waals surface area contributed by atoms with Crippen molar-refractivity contribution in [1.29, 1.82) is 0 Å². The SMILES string of the molecule is COCc1cc(C(=O)Nc2ccccc2-c2ncco2)ccc1C(=O)Nc1cccc2[nH]c(C)nc12. The number of ether oxygens (including phenoxy) is 1. The quantitative estimate of drug-likeness (QED) is 0.295. The predicted octanol–water partition coefficient (Wildman–Crippen LogP) is 5.18. The predicted molar refractivity (Wildman–Crippen MR) is 136 cm³/mol. The van der Waals surface area contributed by atoms with E-state index < -0.39 is 0 Å². The summed E-state index contributed by atoms with van der Waals surface area (Å²) in [7, 11) is 1.54. The molecule has 5 rings (SSSR count). The van der Waals surface area contributed by atoms with Gasteiger partial charge in [0.15, 0.2) is 0 Å². The van der Waals surface area contributed by atoms with Crippen molar-refractivity contribution >= 4 is 34.2 Å². The maximum atomic E-state index is 13.2. The van der Waals surface area contributed by atoms with Crippen LogP contribution in [0.4, 0.5) is 11.4 Å². The highest BCUT2D eigenvalue weighted by atomic mass is 16.5. The Balaban J connectivity index is 1.40. The minimum absolute atomic E-state index is 0.155. The van der Waals surface area contributed by atoms with Crippen LogP contribution in [0.5, 0.6) is 0 Å². The monoisotopic (exact) mass is 481 g/mol. The number of carbonyl (C=O) groups is 2. The van der Waals surface area contributed by atoms with E-state index in [0.29, 0.717) is 45.0 Å². The van der Waals surface area contributed by atoms with E-state index in [1.807, 2.05) is 37.3 Å². The summed E-state index contributed by atoms with van der Waals surface area (Å²) in [5.74, 6) is 0.498. The molecular weight excluding hydrogens is 458 g/mol. The van der Waals surface area contributed by atoms with Crippen molar-refractivity contribution in [3.05, 3.63) is 95.6 Å². The number of aromatic nitrogens is 3. The zero-order valence-corrected chi connectivity index (χ0v) is 19.7. The average molecular weight is 482 g/mol. The number of carbonyl (C=O) groups excluding carboxylic acids is 2. The van der Waals surface area contributed by atoms with Gasteiger partial charge in [-0.25, -0.2) is 9.97 Å². The molecule has 2 aromatic heterocycles. The molecular formula is C27H23N5O4. The second-order valence-electron chi connectivity index (χ2n) is 8.12. The first-order chi connectivity index (χ1) is 17.5. The van der Waals surface area contributed by atoms with Crippen LogP contribution < -0.4 is 10.6 Å². The third-order valence-corrected chi connectivity index (χ3v) is 5.63. The molecule has 2 heterocycles. The first-order valence-electron chi connectivity index (χ1n) is 11.2. The number of anilines is 2. The summed E-state index contributed by atoms with van der Waals surface area (Å²) in [4.78, 5) is 38.1. The minimum atomic E-state index is -0.338. The molecule has 3 aromatic carbocycles. The highest BCUT2D eigenvalue weighted by Gasteiger charge is 2.18. The van der Waals surface area contributed by atoms with E-state index in [4.69, 9.17) is 9.15 Å². The summed E-state index contributed by atoms with van der Waals surface area (Å²) in [6.07, 6.45) is 3.02. The molecule has 0 unspecified atom stereocenters. The normalized spacial score (nSPS) is 10.9. The number of hydrogen-bond acceptors (Lipinski definition) is 6. The van der Waals surface area contributed by atoms with Gasteiger partial charge < -0.3 is 24.8 Å². The van der Waals surface area contributed by atoms with Crippen LogP contribution in [0.3, 0.4) is 0 Å². The molecule has 2 amide bonds. The van der Waals surface area contributed by atoms with Gasteiger partial charge in [-0.05, 0) is 55.0 Å². The smallest absolute Gasteiger partial charge is 0.256 e. The Hall–Kier alpha value is -4.76. The van der Waals surface area contributed by atoms with Crippen LogP contribution in [0.15, 0.2) is 77.5 Å². The van der Waals surface area contributed by atoms with Gasteiger partial charge in [-0.3, -0.25) is 9.59 Å². The minimum Gasteiger partial charge on any atom is -0.444 e. The van der Waals surface area contributed by atoms with Crippen LogP contribution in [-0.2, 0) is 11.3 Å². The van der Waals surface area contributed by atoms with Crippen molar-refractivity contribution in [2.24, 2.45) is 0 Å². The molecule has 180 valence electrons. The van der Waals surface area contributed by atoms with Crippen LogP contribution >= 0.6 is 0 Å². The number of rotatable bonds is 7. The van der Waals surface area contributed by atoms with Gasteiger partial charge in [0.2, 0.25) is 5.89 Å². The fourth-order valence-corrected chi connectivity index (χ4v) is 4.01. The lowest BCUT2D eigenvalue weighted by Crippen LogP contribution is -2.17. The largest absolute Gasteiger partial charge is 0.444 e. The molecule has 0 aliphatic carbocycles. The lowest BCUT2D eigenvalue weighted by Gasteiger charge is -2.13. The number of benzene rings is 3. The maximum absolute atomic E-state index is 13.2. The first kappa shape index (κ1) is 23.0. The van der Waals surface area contributed by atoms with Gasteiger partial charge in [-0.15, -0.1) is 0 Å². The molecule has 3 N–H and O–H groups in total. The number of imidazole rings is 1. The Morgan fingerprint density at radius 2 is 1.81 bits per heavy atom. The van der Waals surface area contributed by atoms with Crippen molar-refractivity contribution in [1.82, 2.24) is 15.0 Å². The molecule has 0 aliphatic heterocycles. The number of H-pyrrole nitrogens is 1. The van der Waals surface area contributed by atoms with Crippen LogP contribution in [0, 0.1) is 6.92 Å². The number of methoxy groups -OCH3 is 1. The van der Waals surface area contributed by atoms with E-state index in [0.717, 1.165) is 11.3 Å². The van der Waals surface area contributed by atoms with Crippen molar-refractivity contribution < 1.29 is 18.7 Å². The van der Waals surface area contributed by atoms with E-state index in [-0.39, 0.29) is 18.4 Å². The number of nitrogens with one attached hydrogen (secondary N) is 3. The summed E-state index contributed by atoms with van der Waals surface area (Å²) in [6.45, 7) is 2.01. The van der Waals surface area contributed by atoms with Crippen LogP contribution in [0.1, 0.15) is 32.1 Å². The summed E-state index contributed by atoms with van der Waals surface area (Å²) in [5, 5.41) is 5.83.